The van der Waals surface area contributed by atoms with Gasteiger partial charge in [0.2, 0.25) is 0 Å². The quantitative estimate of drug-likeness (QED) is 0.680. The number of hydrogen-bond acceptors (Lipinski definition) is 2. The van der Waals surface area contributed by atoms with Gasteiger partial charge in [0.15, 0.2) is 0 Å². The maximum absolute atomic E-state index is 10.0. The van der Waals surface area contributed by atoms with Crippen molar-refractivity contribution in [1.82, 2.24) is 5.32 Å². The molecule has 1 fully saturated rings. The summed E-state index contributed by atoms with van der Waals surface area (Å²) in [5, 5.41) is 13.6. The van der Waals surface area contributed by atoms with Gasteiger partial charge in [0.05, 0.1) is 5.60 Å². The van der Waals surface area contributed by atoms with Gasteiger partial charge in [-0.1, -0.05) is 25.5 Å². The topological polar surface area (TPSA) is 32.3 Å². The number of aliphatic hydroxyl groups is 1. The molecule has 86 valence electrons. The predicted molar refractivity (Wildman–Crippen MR) is 62.7 cm³/mol. The van der Waals surface area contributed by atoms with E-state index in [1.165, 1.54) is 12.8 Å². The highest BCUT2D eigenvalue weighted by atomic mass is 16.3. The molecule has 0 aromatic rings. The van der Waals surface area contributed by atoms with Gasteiger partial charge in [-0.2, -0.15) is 0 Å². The van der Waals surface area contributed by atoms with Gasteiger partial charge in [-0.05, 0) is 38.0 Å². The summed E-state index contributed by atoms with van der Waals surface area (Å²) in [4.78, 5) is 0. The standard InChI is InChI=1S/C13H23NO/c1-3-7-13(2,15)9-14-12-8-10-5-4-6-11(10)12/h4,6,10-12,14-15H,3,5,7-9H2,1-2H3. The Morgan fingerprint density at radius 1 is 1.53 bits per heavy atom. The third kappa shape index (κ3) is 2.43. The molecule has 2 aliphatic carbocycles. The summed E-state index contributed by atoms with van der Waals surface area (Å²) in [6.07, 6.45) is 9.15. The van der Waals surface area contributed by atoms with Crippen molar-refractivity contribution in [3.05, 3.63) is 12.2 Å². The van der Waals surface area contributed by atoms with E-state index in [1.807, 2.05) is 6.92 Å². The van der Waals surface area contributed by atoms with Crippen LogP contribution < -0.4 is 5.32 Å². The van der Waals surface area contributed by atoms with Crippen LogP contribution in [0.5, 0.6) is 0 Å². The van der Waals surface area contributed by atoms with Crippen LogP contribution >= 0.6 is 0 Å². The minimum atomic E-state index is -0.526. The summed E-state index contributed by atoms with van der Waals surface area (Å²) in [5.74, 6) is 1.65. The molecular formula is C13H23NO. The first-order chi connectivity index (χ1) is 7.12. The van der Waals surface area contributed by atoms with Gasteiger partial charge in [-0.25, -0.2) is 0 Å². The first kappa shape index (κ1) is 11.2. The molecule has 0 aromatic carbocycles. The summed E-state index contributed by atoms with van der Waals surface area (Å²) in [6.45, 7) is 4.79. The maximum Gasteiger partial charge on any atom is 0.0743 e. The molecule has 2 nitrogen and oxygen atoms in total. The SMILES string of the molecule is CCCC(C)(O)CNC1CC2CC=CC21. The molecule has 4 unspecified atom stereocenters. The lowest BCUT2D eigenvalue weighted by molar-refractivity contribution is 0.0352. The summed E-state index contributed by atoms with van der Waals surface area (Å²) in [6, 6.07) is 0.622. The fourth-order valence-electron chi connectivity index (χ4n) is 2.93. The van der Waals surface area contributed by atoms with Crippen LogP contribution in [0.2, 0.25) is 0 Å². The van der Waals surface area contributed by atoms with E-state index in [9.17, 15) is 5.11 Å². The molecule has 0 aliphatic heterocycles. The smallest absolute Gasteiger partial charge is 0.0743 e. The third-order valence-corrected chi connectivity index (χ3v) is 3.90. The minimum absolute atomic E-state index is 0.526. The Labute approximate surface area is 92.8 Å². The monoisotopic (exact) mass is 209 g/mol. The third-order valence-electron chi connectivity index (χ3n) is 3.90. The molecule has 2 N–H and O–H groups in total. The average molecular weight is 209 g/mol. The van der Waals surface area contributed by atoms with Crippen molar-refractivity contribution < 1.29 is 5.11 Å². The van der Waals surface area contributed by atoms with E-state index in [1.54, 1.807) is 0 Å². The highest BCUT2D eigenvalue weighted by molar-refractivity contribution is 5.13. The van der Waals surface area contributed by atoms with Crippen molar-refractivity contribution in [3.8, 4) is 0 Å². The van der Waals surface area contributed by atoms with Crippen LogP contribution in [0.25, 0.3) is 0 Å². The van der Waals surface area contributed by atoms with Crippen molar-refractivity contribution in [2.75, 3.05) is 6.54 Å². The van der Waals surface area contributed by atoms with E-state index in [-0.39, 0.29) is 0 Å². The van der Waals surface area contributed by atoms with Crippen LogP contribution in [0.3, 0.4) is 0 Å². The molecule has 0 amide bonds. The Hall–Kier alpha value is -0.340. The van der Waals surface area contributed by atoms with E-state index < -0.39 is 5.60 Å². The molecule has 2 rings (SSSR count). The highest BCUT2D eigenvalue weighted by Crippen LogP contribution is 2.42. The molecule has 0 spiro atoms. The van der Waals surface area contributed by atoms with Gasteiger partial charge in [0.1, 0.15) is 0 Å². The summed E-state index contributed by atoms with van der Waals surface area (Å²) >= 11 is 0. The Bertz CT molecular complexity index is 247. The molecule has 2 aliphatic rings. The van der Waals surface area contributed by atoms with Gasteiger partial charge in [-0.15, -0.1) is 0 Å². The van der Waals surface area contributed by atoms with Crippen LogP contribution in [0.15, 0.2) is 12.2 Å². The van der Waals surface area contributed by atoms with Gasteiger partial charge in [0.25, 0.3) is 0 Å². The fourth-order valence-corrected chi connectivity index (χ4v) is 2.93. The second-order valence-corrected chi connectivity index (χ2v) is 5.47. The lowest BCUT2D eigenvalue weighted by atomic mass is 9.71. The molecule has 1 saturated carbocycles. The molecular weight excluding hydrogens is 186 g/mol. The highest BCUT2D eigenvalue weighted by Gasteiger charge is 2.41. The Balaban J connectivity index is 1.72. The van der Waals surface area contributed by atoms with Crippen LogP contribution in [-0.4, -0.2) is 23.3 Å². The average Bonchev–Trinajstić information content (AvgIpc) is 2.47. The van der Waals surface area contributed by atoms with E-state index in [4.69, 9.17) is 0 Å². The Morgan fingerprint density at radius 2 is 2.33 bits per heavy atom. The normalized spacial score (nSPS) is 37.1. The molecule has 0 radical (unpaired) electrons. The van der Waals surface area contributed by atoms with Crippen molar-refractivity contribution in [2.24, 2.45) is 11.8 Å². The molecule has 0 bridgehead atoms. The number of rotatable bonds is 5. The number of nitrogens with one attached hydrogen (secondary N) is 1. The number of allylic oxidation sites excluding steroid dienone is 1. The van der Waals surface area contributed by atoms with Gasteiger partial charge < -0.3 is 10.4 Å². The van der Waals surface area contributed by atoms with Crippen molar-refractivity contribution in [2.45, 2.75) is 51.2 Å². The fraction of sp³-hybridized carbons (Fsp3) is 0.846. The maximum atomic E-state index is 10.0. The van der Waals surface area contributed by atoms with Crippen molar-refractivity contribution in [1.29, 1.82) is 0 Å². The zero-order valence-corrected chi connectivity index (χ0v) is 9.87. The van der Waals surface area contributed by atoms with E-state index in [0.717, 1.165) is 31.2 Å². The zero-order chi connectivity index (χ0) is 10.9. The molecule has 2 heteroatoms. The zero-order valence-electron chi connectivity index (χ0n) is 9.87. The number of fused-ring (bicyclic) bond motifs is 1. The largest absolute Gasteiger partial charge is 0.389 e. The summed E-state index contributed by atoms with van der Waals surface area (Å²) in [7, 11) is 0. The number of hydrogen-bond donors (Lipinski definition) is 2. The van der Waals surface area contributed by atoms with E-state index in [2.05, 4.69) is 24.4 Å². The van der Waals surface area contributed by atoms with Crippen molar-refractivity contribution in [3.63, 3.8) is 0 Å². The van der Waals surface area contributed by atoms with E-state index in [0.29, 0.717) is 6.04 Å². The Morgan fingerprint density at radius 3 is 3.00 bits per heavy atom. The Kier molecular flexibility index (Phi) is 3.17. The first-order valence-electron chi connectivity index (χ1n) is 6.25. The lowest BCUT2D eigenvalue weighted by Gasteiger charge is -2.42. The van der Waals surface area contributed by atoms with Crippen LogP contribution in [0.1, 0.15) is 39.5 Å². The molecule has 15 heavy (non-hydrogen) atoms. The van der Waals surface area contributed by atoms with Crippen LogP contribution in [0, 0.1) is 11.8 Å². The lowest BCUT2D eigenvalue weighted by Crippen LogP contribution is -2.52. The van der Waals surface area contributed by atoms with E-state index >= 15 is 0 Å². The first-order valence-corrected chi connectivity index (χ1v) is 6.25. The summed E-state index contributed by atoms with van der Waals surface area (Å²) < 4.78 is 0. The predicted octanol–water partition coefficient (Wildman–Crippen LogP) is 2.09. The molecule has 0 heterocycles. The minimum Gasteiger partial charge on any atom is -0.389 e. The second kappa shape index (κ2) is 4.26. The van der Waals surface area contributed by atoms with Gasteiger partial charge in [0, 0.05) is 12.6 Å². The molecule has 0 aromatic heterocycles. The van der Waals surface area contributed by atoms with Crippen LogP contribution in [-0.2, 0) is 0 Å². The molecule has 0 saturated heterocycles. The van der Waals surface area contributed by atoms with Crippen molar-refractivity contribution >= 4 is 0 Å². The second-order valence-electron chi connectivity index (χ2n) is 5.47. The molecule has 4 atom stereocenters. The van der Waals surface area contributed by atoms with Gasteiger partial charge >= 0.3 is 0 Å². The van der Waals surface area contributed by atoms with Gasteiger partial charge in [-0.3, -0.25) is 0 Å². The summed E-state index contributed by atoms with van der Waals surface area (Å²) in [5.41, 5.74) is -0.526. The van der Waals surface area contributed by atoms with Crippen LogP contribution in [0.4, 0.5) is 0 Å².